The van der Waals surface area contributed by atoms with Gasteiger partial charge in [0.2, 0.25) is 6.41 Å². The molecule has 2 heterocycles. The highest BCUT2D eigenvalue weighted by Crippen LogP contribution is 2.53. The smallest absolute Gasteiger partial charge is 0.369 e. The van der Waals surface area contributed by atoms with E-state index in [-0.39, 0.29) is 23.4 Å². The highest BCUT2D eigenvalue weighted by atomic mass is 32.1. The van der Waals surface area contributed by atoms with Crippen LogP contribution in [0.2, 0.25) is 0 Å². The number of hydrogen-bond acceptors (Lipinski definition) is 5. The standard InChI is InChI=1S/C13H9F6N3O2S/c1-7-9(11(24,12(14,15)16)13(17,18)19)25-10(21-7)22(6-23)8-2-4-20-5-3-8/h2-6,24H,1H3. The molecule has 0 aliphatic carbocycles. The molecule has 12 heteroatoms. The Morgan fingerprint density at radius 2 is 1.64 bits per heavy atom. The molecule has 0 radical (unpaired) electrons. The molecule has 25 heavy (non-hydrogen) atoms. The van der Waals surface area contributed by atoms with Crippen molar-refractivity contribution >= 4 is 28.6 Å². The van der Waals surface area contributed by atoms with Gasteiger partial charge in [-0.2, -0.15) is 26.3 Å². The number of nitrogens with zero attached hydrogens (tertiary/aromatic N) is 3. The summed E-state index contributed by atoms with van der Waals surface area (Å²) < 4.78 is 78.0. The van der Waals surface area contributed by atoms with Crippen molar-refractivity contribution in [1.82, 2.24) is 9.97 Å². The highest BCUT2D eigenvalue weighted by Gasteiger charge is 2.73. The zero-order valence-electron chi connectivity index (χ0n) is 12.3. The summed E-state index contributed by atoms with van der Waals surface area (Å²) >= 11 is -0.0791. The molecular formula is C13H9F6N3O2S. The molecule has 1 amide bonds. The Bertz CT molecular complexity index is 745. The van der Waals surface area contributed by atoms with Gasteiger partial charge in [0.25, 0.3) is 5.60 Å². The Morgan fingerprint density at radius 3 is 2.08 bits per heavy atom. The Kier molecular flexibility index (Phi) is 4.79. The zero-order chi connectivity index (χ0) is 19.0. The summed E-state index contributed by atoms with van der Waals surface area (Å²) in [6.45, 7) is 0.882. The maximum atomic E-state index is 13.0. The van der Waals surface area contributed by atoms with Crippen molar-refractivity contribution in [2.75, 3.05) is 4.90 Å². The van der Waals surface area contributed by atoms with Crippen molar-refractivity contribution in [3.8, 4) is 0 Å². The van der Waals surface area contributed by atoms with Crippen LogP contribution < -0.4 is 4.90 Å². The first-order chi connectivity index (χ1) is 11.4. The van der Waals surface area contributed by atoms with Gasteiger partial charge in [0.15, 0.2) is 5.13 Å². The van der Waals surface area contributed by atoms with Gasteiger partial charge in [-0.3, -0.25) is 14.7 Å². The molecular weight excluding hydrogens is 376 g/mol. The lowest BCUT2D eigenvalue weighted by molar-refractivity contribution is -0.375. The Morgan fingerprint density at radius 1 is 1.12 bits per heavy atom. The molecule has 0 spiro atoms. The van der Waals surface area contributed by atoms with Crippen LogP contribution >= 0.6 is 11.3 Å². The third-order valence-electron chi connectivity index (χ3n) is 3.19. The minimum atomic E-state index is -6.03. The number of rotatable bonds is 4. The molecule has 0 saturated heterocycles. The number of aromatic nitrogens is 2. The molecule has 1 N–H and O–H groups in total. The van der Waals surface area contributed by atoms with Gasteiger partial charge >= 0.3 is 12.4 Å². The average molecular weight is 385 g/mol. The minimum absolute atomic E-state index is 0.0791. The van der Waals surface area contributed by atoms with E-state index in [4.69, 9.17) is 0 Å². The van der Waals surface area contributed by atoms with Crippen molar-refractivity contribution in [3.05, 3.63) is 35.1 Å². The predicted octanol–water partition coefficient (Wildman–Crippen LogP) is 3.45. The van der Waals surface area contributed by atoms with E-state index in [0.717, 1.165) is 11.8 Å². The molecule has 0 fully saturated rings. The molecule has 2 aromatic rings. The van der Waals surface area contributed by atoms with Gasteiger partial charge in [-0.05, 0) is 19.1 Å². The fourth-order valence-electron chi connectivity index (χ4n) is 1.96. The number of halogens is 6. The average Bonchev–Trinajstić information content (AvgIpc) is 2.88. The highest BCUT2D eigenvalue weighted by molar-refractivity contribution is 7.16. The molecule has 0 aromatic carbocycles. The molecule has 0 unspecified atom stereocenters. The lowest BCUT2D eigenvalue weighted by atomic mass is 9.99. The Labute approximate surface area is 140 Å². The first-order valence-electron chi connectivity index (χ1n) is 6.41. The van der Waals surface area contributed by atoms with Gasteiger partial charge < -0.3 is 5.11 Å². The van der Waals surface area contributed by atoms with Crippen LogP contribution in [0.25, 0.3) is 0 Å². The van der Waals surface area contributed by atoms with Crippen LogP contribution in [0.1, 0.15) is 10.6 Å². The van der Waals surface area contributed by atoms with Gasteiger partial charge in [-0.15, -0.1) is 0 Å². The fraction of sp³-hybridized carbons (Fsp3) is 0.308. The molecule has 0 bridgehead atoms. The first kappa shape index (κ1) is 19.1. The summed E-state index contributed by atoms with van der Waals surface area (Å²) in [7, 11) is 0. The normalized spacial score (nSPS) is 13.0. The van der Waals surface area contributed by atoms with Crippen LogP contribution in [0.15, 0.2) is 24.5 Å². The second-order valence-electron chi connectivity index (χ2n) is 4.80. The van der Waals surface area contributed by atoms with E-state index >= 15 is 0 Å². The number of pyridine rings is 1. The quantitative estimate of drug-likeness (QED) is 0.647. The number of carbonyl (C=O) groups is 1. The Balaban J connectivity index is 2.61. The SMILES string of the molecule is Cc1nc(N(C=O)c2ccncc2)sc1C(O)(C(F)(F)F)C(F)(F)F. The van der Waals surface area contributed by atoms with E-state index in [2.05, 4.69) is 9.97 Å². The molecule has 0 aliphatic heterocycles. The van der Waals surface area contributed by atoms with Crippen molar-refractivity contribution in [1.29, 1.82) is 0 Å². The van der Waals surface area contributed by atoms with Gasteiger partial charge in [0, 0.05) is 12.4 Å². The largest absolute Gasteiger partial charge is 0.431 e. The summed E-state index contributed by atoms with van der Waals surface area (Å²) in [5, 5.41) is 9.02. The van der Waals surface area contributed by atoms with E-state index in [9.17, 15) is 36.2 Å². The first-order valence-corrected chi connectivity index (χ1v) is 7.23. The van der Waals surface area contributed by atoms with Gasteiger partial charge in [-0.25, -0.2) is 4.98 Å². The van der Waals surface area contributed by atoms with Crippen LogP contribution in [0.3, 0.4) is 0 Å². The van der Waals surface area contributed by atoms with E-state index < -0.39 is 33.7 Å². The molecule has 5 nitrogen and oxygen atoms in total. The molecule has 0 atom stereocenters. The number of aryl methyl sites for hydroxylation is 1. The third-order valence-corrected chi connectivity index (χ3v) is 4.45. The van der Waals surface area contributed by atoms with E-state index in [1.54, 1.807) is 0 Å². The van der Waals surface area contributed by atoms with Crippen LogP contribution in [0.5, 0.6) is 0 Å². The predicted molar refractivity (Wildman–Crippen MR) is 75.3 cm³/mol. The molecule has 2 rings (SSSR count). The van der Waals surface area contributed by atoms with E-state index in [1.807, 2.05) is 0 Å². The molecule has 0 aliphatic rings. The number of aliphatic hydroxyl groups is 1. The number of thiazole rings is 1. The topological polar surface area (TPSA) is 66.3 Å². The van der Waals surface area contributed by atoms with Crippen molar-refractivity contribution in [3.63, 3.8) is 0 Å². The van der Waals surface area contributed by atoms with Crippen molar-refractivity contribution < 1.29 is 36.2 Å². The summed E-state index contributed by atoms with van der Waals surface area (Å²) in [6, 6.07) is 2.62. The molecule has 2 aromatic heterocycles. The Hall–Kier alpha value is -2.21. The number of carbonyl (C=O) groups excluding carboxylic acids is 1. The maximum Gasteiger partial charge on any atom is 0.431 e. The van der Waals surface area contributed by atoms with Gasteiger partial charge in [0.1, 0.15) is 0 Å². The van der Waals surface area contributed by atoms with E-state index in [1.165, 1.54) is 24.5 Å². The monoisotopic (exact) mass is 385 g/mol. The van der Waals surface area contributed by atoms with Gasteiger partial charge in [0.05, 0.1) is 16.3 Å². The summed E-state index contributed by atoms with van der Waals surface area (Å²) in [4.78, 5) is 17.8. The van der Waals surface area contributed by atoms with Crippen molar-refractivity contribution in [2.45, 2.75) is 24.9 Å². The fourth-order valence-corrected chi connectivity index (χ4v) is 3.14. The van der Waals surface area contributed by atoms with Crippen LogP contribution in [-0.4, -0.2) is 33.8 Å². The summed E-state index contributed by atoms with van der Waals surface area (Å²) in [6.07, 6.45) is -9.33. The van der Waals surface area contributed by atoms with Crippen molar-refractivity contribution in [2.24, 2.45) is 0 Å². The molecule has 0 saturated carbocycles. The maximum absolute atomic E-state index is 13.0. The van der Waals surface area contributed by atoms with Crippen LogP contribution in [0, 0.1) is 6.92 Å². The second-order valence-corrected chi connectivity index (χ2v) is 5.78. The lowest BCUT2D eigenvalue weighted by Gasteiger charge is -2.31. The van der Waals surface area contributed by atoms with Crippen LogP contribution in [-0.2, 0) is 10.4 Å². The molecule has 136 valence electrons. The zero-order valence-corrected chi connectivity index (χ0v) is 13.1. The second kappa shape index (κ2) is 6.26. The van der Waals surface area contributed by atoms with Gasteiger partial charge in [-0.1, -0.05) is 11.3 Å². The summed E-state index contributed by atoms with van der Waals surface area (Å²) in [5.41, 5.74) is -5.65. The van der Waals surface area contributed by atoms with Crippen LogP contribution in [0.4, 0.5) is 37.2 Å². The summed E-state index contributed by atoms with van der Waals surface area (Å²) in [5.74, 6) is 0. The minimum Gasteiger partial charge on any atom is -0.369 e. The number of alkyl halides is 6. The number of hydrogen-bond donors (Lipinski definition) is 1. The lowest BCUT2D eigenvalue weighted by Crippen LogP contribution is -2.53. The number of amides is 1. The van der Waals surface area contributed by atoms with E-state index in [0.29, 0.717) is 0 Å². The third kappa shape index (κ3) is 3.18. The number of anilines is 2.